The molecule has 4 nitrogen and oxygen atoms in total. The van der Waals surface area contributed by atoms with Gasteiger partial charge >= 0.3 is 0 Å². The maximum Gasteiger partial charge on any atom is 0.224 e. The molecule has 0 heterocycles. The number of likely N-dealkylation sites (N-methyl/N-ethyl adjacent to an activating group) is 1. The molecule has 0 aliphatic carbocycles. The van der Waals surface area contributed by atoms with Gasteiger partial charge in [0.2, 0.25) is 5.91 Å². The van der Waals surface area contributed by atoms with Crippen LogP contribution in [-0.4, -0.2) is 41.7 Å². The highest BCUT2D eigenvalue weighted by Gasteiger charge is 2.15. The lowest BCUT2D eigenvalue weighted by atomic mass is 10.1. The van der Waals surface area contributed by atoms with Gasteiger partial charge in [-0.15, -0.1) is 0 Å². The Balaban J connectivity index is 2.27. The molecule has 0 atom stereocenters. The smallest absolute Gasteiger partial charge is 0.224 e. The van der Waals surface area contributed by atoms with E-state index in [2.05, 4.69) is 5.32 Å². The molecule has 0 bridgehead atoms. The number of nitrogens with one attached hydrogen (secondary N) is 1. The molecule has 112 valence electrons. The number of benzene rings is 1. The van der Waals surface area contributed by atoms with E-state index in [-0.39, 0.29) is 5.91 Å². The van der Waals surface area contributed by atoms with Gasteiger partial charge in [-0.2, -0.15) is 0 Å². The Morgan fingerprint density at radius 2 is 2.10 bits per heavy atom. The molecule has 0 unspecified atom stereocenters. The molecule has 0 radical (unpaired) electrons. The maximum atomic E-state index is 11.8. The van der Waals surface area contributed by atoms with Crippen molar-refractivity contribution in [2.45, 2.75) is 39.2 Å². The summed E-state index contributed by atoms with van der Waals surface area (Å²) in [5.41, 5.74) is 1.28. The normalized spacial score (nSPS) is 11.7. The van der Waals surface area contributed by atoms with Crippen LogP contribution in [0.5, 0.6) is 0 Å². The average Bonchev–Trinajstić information content (AvgIpc) is 2.26. The topological polar surface area (TPSA) is 52.6 Å². The summed E-state index contributed by atoms with van der Waals surface area (Å²) in [5, 5.41) is 12.6. The fourth-order valence-electron chi connectivity index (χ4n) is 2.20. The van der Waals surface area contributed by atoms with Gasteiger partial charge in [-0.1, -0.05) is 12.1 Å². The van der Waals surface area contributed by atoms with Crippen LogP contribution >= 0.6 is 0 Å². The lowest BCUT2D eigenvalue weighted by molar-refractivity contribution is -0.116. The summed E-state index contributed by atoms with van der Waals surface area (Å²) in [5.74, 6) is 0.0345. The first kappa shape index (κ1) is 16.7. The molecule has 2 N–H and O–H groups in total. The third kappa shape index (κ3) is 7.26. The van der Waals surface area contributed by atoms with Gasteiger partial charge in [-0.25, -0.2) is 0 Å². The minimum atomic E-state index is -0.696. The minimum absolute atomic E-state index is 0.0345. The van der Waals surface area contributed by atoms with Crippen molar-refractivity contribution in [1.82, 2.24) is 4.90 Å². The highest BCUT2D eigenvalue weighted by molar-refractivity contribution is 5.90. The van der Waals surface area contributed by atoms with Crippen LogP contribution in [0, 0.1) is 6.92 Å². The van der Waals surface area contributed by atoms with Crippen molar-refractivity contribution >= 4 is 11.6 Å². The first-order valence-corrected chi connectivity index (χ1v) is 7.04. The standard InChI is InChI=1S/C16H26N2O2/c1-13-7-5-8-14(11-13)17-15(19)9-6-10-18(4)12-16(2,3)20/h5,7-8,11,20H,6,9-10,12H2,1-4H3,(H,17,19). The van der Waals surface area contributed by atoms with Crippen molar-refractivity contribution in [3.63, 3.8) is 0 Å². The van der Waals surface area contributed by atoms with Gasteiger partial charge in [0.1, 0.15) is 0 Å². The van der Waals surface area contributed by atoms with Crippen molar-refractivity contribution in [3.8, 4) is 0 Å². The first-order valence-electron chi connectivity index (χ1n) is 7.04. The molecule has 1 aromatic carbocycles. The number of hydrogen-bond acceptors (Lipinski definition) is 3. The van der Waals surface area contributed by atoms with E-state index in [1.807, 2.05) is 43.1 Å². The first-order chi connectivity index (χ1) is 9.26. The van der Waals surface area contributed by atoms with Crippen LogP contribution in [0.25, 0.3) is 0 Å². The van der Waals surface area contributed by atoms with Gasteiger partial charge in [0, 0.05) is 18.7 Å². The summed E-state index contributed by atoms with van der Waals surface area (Å²) >= 11 is 0. The number of carbonyl (C=O) groups excluding carboxylic acids is 1. The second-order valence-corrected chi connectivity index (χ2v) is 6.07. The average molecular weight is 278 g/mol. The molecule has 0 saturated carbocycles. The summed E-state index contributed by atoms with van der Waals surface area (Å²) in [6.45, 7) is 6.97. The minimum Gasteiger partial charge on any atom is -0.389 e. The van der Waals surface area contributed by atoms with E-state index in [0.29, 0.717) is 13.0 Å². The van der Waals surface area contributed by atoms with Gasteiger partial charge in [0.15, 0.2) is 0 Å². The Labute approximate surface area is 121 Å². The Hall–Kier alpha value is -1.39. The number of anilines is 1. The van der Waals surface area contributed by atoms with Gasteiger partial charge in [-0.05, 0) is 58.5 Å². The van der Waals surface area contributed by atoms with E-state index in [1.165, 1.54) is 0 Å². The third-order valence-electron chi connectivity index (χ3n) is 2.90. The van der Waals surface area contributed by atoms with Crippen LogP contribution < -0.4 is 5.32 Å². The molecule has 20 heavy (non-hydrogen) atoms. The monoisotopic (exact) mass is 278 g/mol. The zero-order valence-electron chi connectivity index (χ0n) is 12.9. The van der Waals surface area contributed by atoms with Crippen molar-refractivity contribution in [1.29, 1.82) is 0 Å². The molecule has 4 heteroatoms. The SMILES string of the molecule is Cc1cccc(NC(=O)CCCN(C)CC(C)(C)O)c1. The zero-order valence-corrected chi connectivity index (χ0v) is 12.9. The molecular weight excluding hydrogens is 252 g/mol. The lowest BCUT2D eigenvalue weighted by Crippen LogP contribution is -2.36. The van der Waals surface area contributed by atoms with E-state index in [9.17, 15) is 9.90 Å². The van der Waals surface area contributed by atoms with E-state index in [1.54, 1.807) is 13.8 Å². The quantitative estimate of drug-likeness (QED) is 0.805. The molecule has 1 rings (SSSR count). The van der Waals surface area contributed by atoms with Crippen molar-refractivity contribution in [3.05, 3.63) is 29.8 Å². The summed E-state index contributed by atoms with van der Waals surface area (Å²) in [6, 6.07) is 7.78. The van der Waals surface area contributed by atoms with Crippen LogP contribution in [0.4, 0.5) is 5.69 Å². The van der Waals surface area contributed by atoms with Gasteiger partial charge < -0.3 is 15.3 Å². The van der Waals surface area contributed by atoms with E-state index in [0.717, 1.165) is 24.2 Å². The highest BCUT2D eigenvalue weighted by atomic mass is 16.3. The summed E-state index contributed by atoms with van der Waals surface area (Å²) in [6.07, 6.45) is 1.27. The zero-order chi connectivity index (χ0) is 15.2. The Morgan fingerprint density at radius 1 is 1.40 bits per heavy atom. The Morgan fingerprint density at radius 3 is 2.70 bits per heavy atom. The van der Waals surface area contributed by atoms with Crippen LogP contribution in [0.3, 0.4) is 0 Å². The predicted molar refractivity (Wildman–Crippen MR) is 82.8 cm³/mol. The maximum absolute atomic E-state index is 11.8. The Bertz CT molecular complexity index is 438. The van der Waals surface area contributed by atoms with E-state index < -0.39 is 5.60 Å². The number of aryl methyl sites for hydroxylation is 1. The molecule has 0 saturated heterocycles. The van der Waals surface area contributed by atoms with Crippen LogP contribution in [0.15, 0.2) is 24.3 Å². The van der Waals surface area contributed by atoms with Gasteiger partial charge in [-0.3, -0.25) is 4.79 Å². The molecule has 1 aromatic rings. The third-order valence-corrected chi connectivity index (χ3v) is 2.90. The molecule has 0 aliphatic heterocycles. The number of aliphatic hydroxyl groups is 1. The summed E-state index contributed by atoms with van der Waals surface area (Å²) < 4.78 is 0. The number of hydrogen-bond donors (Lipinski definition) is 2. The van der Waals surface area contributed by atoms with Crippen LogP contribution in [0.2, 0.25) is 0 Å². The number of carbonyl (C=O) groups is 1. The van der Waals surface area contributed by atoms with Gasteiger partial charge in [0.05, 0.1) is 5.60 Å². The van der Waals surface area contributed by atoms with Crippen molar-refractivity contribution in [2.75, 3.05) is 25.5 Å². The number of rotatable bonds is 7. The van der Waals surface area contributed by atoms with Crippen molar-refractivity contribution < 1.29 is 9.90 Å². The molecular formula is C16H26N2O2. The lowest BCUT2D eigenvalue weighted by Gasteiger charge is -2.25. The van der Waals surface area contributed by atoms with Crippen LogP contribution in [0.1, 0.15) is 32.3 Å². The summed E-state index contributed by atoms with van der Waals surface area (Å²) in [7, 11) is 1.95. The van der Waals surface area contributed by atoms with E-state index in [4.69, 9.17) is 0 Å². The molecule has 0 fully saturated rings. The summed E-state index contributed by atoms with van der Waals surface area (Å²) in [4.78, 5) is 13.9. The predicted octanol–water partition coefficient (Wildman–Crippen LogP) is 2.42. The molecule has 1 amide bonds. The second-order valence-electron chi connectivity index (χ2n) is 6.07. The molecule has 0 aromatic heterocycles. The number of nitrogens with zero attached hydrogens (tertiary/aromatic N) is 1. The fourth-order valence-corrected chi connectivity index (χ4v) is 2.20. The molecule has 0 aliphatic rings. The van der Waals surface area contributed by atoms with E-state index >= 15 is 0 Å². The van der Waals surface area contributed by atoms with Crippen LogP contribution in [-0.2, 0) is 4.79 Å². The largest absolute Gasteiger partial charge is 0.389 e. The number of amides is 1. The molecule has 0 spiro atoms. The van der Waals surface area contributed by atoms with Crippen molar-refractivity contribution in [2.24, 2.45) is 0 Å². The highest BCUT2D eigenvalue weighted by Crippen LogP contribution is 2.10. The second kappa shape index (κ2) is 7.41. The fraction of sp³-hybridized carbons (Fsp3) is 0.562. The van der Waals surface area contributed by atoms with Gasteiger partial charge in [0.25, 0.3) is 0 Å². The Kier molecular flexibility index (Phi) is 6.17.